The third kappa shape index (κ3) is 1.89. The molecule has 1 saturated heterocycles. The van der Waals surface area contributed by atoms with Gasteiger partial charge in [0.05, 0.1) is 5.71 Å². The zero-order chi connectivity index (χ0) is 12.9. The number of fused-ring (bicyclic) bond motifs is 3. The van der Waals surface area contributed by atoms with Crippen molar-refractivity contribution in [1.29, 1.82) is 0 Å². The summed E-state index contributed by atoms with van der Waals surface area (Å²) in [6.45, 7) is 5.63. The van der Waals surface area contributed by atoms with E-state index in [1.54, 1.807) is 0 Å². The summed E-state index contributed by atoms with van der Waals surface area (Å²) in [5, 5.41) is 4.05. The van der Waals surface area contributed by atoms with Crippen molar-refractivity contribution in [1.82, 2.24) is 0 Å². The number of ether oxygens (including phenoxy) is 3. The summed E-state index contributed by atoms with van der Waals surface area (Å²) in [6, 6.07) is 0. The highest BCUT2D eigenvalue weighted by Gasteiger charge is 2.55. The summed E-state index contributed by atoms with van der Waals surface area (Å²) in [5.74, 6) is -0.826. The second-order valence-electron chi connectivity index (χ2n) is 5.41. The molecule has 0 bridgehead atoms. The van der Waals surface area contributed by atoms with Crippen LogP contribution in [0.2, 0.25) is 0 Å². The van der Waals surface area contributed by atoms with Crippen LogP contribution in [0, 0.1) is 5.92 Å². The molecule has 0 amide bonds. The van der Waals surface area contributed by atoms with Crippen LogP contribution in [0.4, 0.5) is 0 Å². The highest BCUT2D eigenvalue weighted by Crippen LogP contribution is 2.40. The molecule has 1 aliphatic carbocycles. The average Bonchev–Trinajstić information content (AvgIpc) is 2.79. The Labute approximate surface area is 105 Å². The maximum Gasteiger partial charge on any atom is 0.302 e. The topological polar surface area (TPSA) is 66.4 Å². The standard InChI is InChI=1S/C12H17NO5/c1-6(14)16-8-4-7-5-15-13-9(7)11-10(8)17-12(2,3)18-11/h7-8,10-11H,4-5H2,1-3H3/t7-,8+,10+,11-/m1/s1. The molecule has 6 nitrogen and oxygen atoms in total. The SMILES string of the molecule is CC(=O)O[C@H]1C[C@@H]2CON=C2[C@H]2OC(C)(C)O[C@@H]12. The summed E-state index contributed by atoms with van der Waals surface area (Å²) in [4.78, 5) is 16.3. The Balaban J connectivity index is 1.87. The molecule has 2 aliphatic heterocycles. The molecule has 0 radical (unpaired) electrons. The third-order valence-electron chi connectivity index (χ3n) is 3.49. The lowest BCUT2D eigenvalue weighted by Crippen LogP contribution is -2.50. The number of hydrogen-bond donors (Lipinski definition) is 0. The molecule has 2 heterocycles. The first-order chi connectivity index (χ1) is 8.46. The van der Waals surface area contributed by atoms with Gasteiger partial charge in [-0.25, -0.2) is 0 Å². The minimum absolute atomic E-state index is 0.160. The van der Waals surface area contributed by atoms with Crippen molar-refractivity contribution in [3.8, 4) is 0 Å². The molecule has 1 saturated carbocycles. The molecular weight excluding hydrogens is 238 g/mol. The van der Waals surface area contributed by atoms with Gasteiger partial charge in [-0.05, 0) is 20.3 Å². The fourth-order valence-corrected chi connectivity index (χ4v) is 2.87. The van der Waals surface area contributed by atoms with E-state index in [1.807, 2.05) is 13.8 Å². The highest BCUT2D eigenvalue weighted by atomic mass is 16.8. The van der Waals surface area contributed by atoms with Gasteiger partial charge in [0.15, 0.2) is 5.79 Å². The van der Waals surface area contributed by atoms with Crippen LogP contribution in [0.3, 0.4) is 0 Å². The van der Waals surface area contributed by atoms with Crippen molar-refractivity contribution in [2.24, 2.45) is 11.1 Å². The molecule has 6 heteroatoms. The molecular formula is C12H17NO5. The Morgan fingerprint density at radius 1 is 1.44 bits per heavy atom. The Hall–Kier alpha value is -1.14. The zero-order valence-electron chi connectivity index (χ0n) is 10.7. The molecule has 0 N–H and O–H groups in total. The van der Waals surface area contributed by atoms with Crippen molar-refractivity contribution < 1.29 is 23.8 Å². The van der Waals surface area contributed by atoms with Gasteiger partial charge in [-0.1, -0.05) is 5.16 Å². The van der Waals surface area contributed by atoms with Gasteiger partial charge in [-0.2, -0.15) is 0 Å². The second kappa shape index (κ2) is 3.93. The van der Waals surface area contributed by atoms with Crippen molar-refractivity contribution in [2.75, 3.05) is 6.61 Å². The van der Waals surface area contributed by atoms with Gasteiger partial charge in [0.1, 0.15) is 24.9 Å². The number of rotatable bonds is 1. The number of oxime groups is 1. The van der Waals surface area contributed by atoms with E-state index in [1.165, 1.54) is 6.92 Å². The van der Waals surface area contributed by atoms with Crippen LogP contribution in [-0.4, -0.2) is 42.4 Å². The van der Waals surface area contributed by atoms with Crippen LogP contribution in [0.25, 0.3) is 0 Å². The maximum atomic E-state index is 11.2. The molecule has 4 atom stereocenters. The van der Waals surface area contributed by atoms with E-state index >= 15 is 0 Å². The Morgan fingerprint density at radius 3 is 2.94 bits per heavy atom. The lowest BCUT2D eigenvalue weighted by molar-refractivity contribution is -0.170. The van der Waals surface area contributed by atoms with Crippen molar-refractivity contribution in [2.45, 2.75) is 51.3 Å². The fourth-order valence-electron chi connectivity index (χ4n) is 2.87. The first kappa shape index (κ1) is 11.9. The van der Waals surface area contributed by atoms with Crippen LogP contribution in [0.1, 0.15) is 27.2 Å². The van der Waals surface area contributed by atoms with Gasteiger partial charge < -0.3 is 19.0 Å². The fraction of sp³-hybridized carbons (Fsp3) is 0.833. The van der Waals surface area contributed by atoms with Gasteiger partial charge in [0.25, 0.3) is 0 Å². The summed E-state index contributed by atoms with van der Waals surface area (Å²) in [5.41, 5.74) is 0.883. The van der Waals surface area contributed by atoms with Crippen LogP contribution in [0.15, 0.2) is 5.16 Å². The Morgan fingerprint density at radius 2 is 2.22 bits per heavy atom. The molecule has 3 rings (SSSR count). The van der Waals surface area contributed by atoms with Gasteiger partial charge in [-0.3, -0.25) is 4.79 Å². The molecule has 0 spiro atoms. The lowest BCUT2D eigenvalue weighted by Gasteiger charge is -2.33. The number of esters is 1. The van der Waals surface area contributed by atoms with Crippen LogP contribution in [-0.2, 0) is 23.8 Å². The smallest absolute Gasteiger partial charge is 0.302 e. The van der Waals surface area contributed by atoms with E-state index in [0.717, 1.165) is 5.71 Å². The molecule has 0 aromatic carbocycles. The summed E-state index contributed by atoms with van der Waals surface area (Å²) in [7, 11) is 0. The summed E-state index contributed by atoms with van der Waals surface area (Å²) >= 11 is 0. The highest BCUT2D eigenvalue weighted by molar-refractivity contribution is 5.93. The van der Waals surface area contributed by atoms with E-state index in [-0.39, 0.29) is 30.2 Å². The maximum absolute atomic E-state index is 11.2. The molecule has 2 fully saturated rings. The van der Waals surface area contributed by atoms with Crippen LogP contribution >= 0.6 is 0 Å². The van der Waals surface area contributed by atoms with Crippen LogP contribution in [0.5, 0.6) is 0 Å². The third-order valence-corrected chi connectivity index (χ3v) is 3.49. The van der Waals surface area contributed by atoms with E-state index < -0.39 is 5.79 Å². The number of nitrogens with zero attached hydrogens (tertiary/aromatic N) is 1. The van der Waals surface area contributed by atoms with Crippen molar-refractivity contribution >= 4 is 11.7 Å². The van der Waals surface area contributed by atoms with E-state index in [4.69, 9.17) is 19.0 Å². The first-order valence-electron chi connectivity index (χ1n) is 6.19. The normalized spacial score (nSPS) is 40.5. The number of carbonyl (C=O) groups is 1. The van der Waals surface area contributed by atoms with Gasteiger partial charge in [-0.15, -0.1) is 0 Å². The Bertz CT molecular complexity index is 405. The molecule has 18 heavy (non-hydrogen) atoms. The zero-order valence-corrected chi connectivity index (χ0v) is 10.7. The van der Waals surface area contributed by atoms with Gasteiger partial charge in [0.2, 0.25) is 0 Å². The Kier molecular flexibility index (Phi) is 2.60. The van der Waals surface area contributed by atoms with E-state index in [0.29, 0.717) is 13.0 Å². The molecule has 0 aromatic heterocycles. The largest absolute Gasteiger partial charge is 0.460 e. The monoisotopic (exact) mass is 255 g/mol. The molecule has 0 aromatic rings. The molecule has 0 unspecified atom stereocenters. The summed E-state index contributed by atoms with van der Waals surface area (Å²) < 4.78 is 17.0. The van der Waals surface area contributed by atoms with E-state index in [9.17, 15) is 4.79 Å². The molecule has 100 valence electrons. The quantitative estimate of drug-likeness (QED) is 0.650. The first-order valence-corrected chi connectivity index (χ1v) is 6.19. The van der Waals surface area contributed by atoms with E-state index in [2.05, 4.69) is 5.16 Å². The number of hydrogen-bond acceptors (Lipinski definition) is 6. The lowest BCUT2D eigenvalue weighted by atomic mass is 9.82. The minimum Gasteiger partial charge on any atom is -0.460 e. The van der Waals surface area contributed by atoms with Gasteiger partial charge in [0, 0.05) is 12.8 Å². The number of carbonyl (C=O) groups excluding carboxylic acids is 1. The van der Waals surface area contributed by atoms with Crippen LogP contribution < -0.4 is 0 Å². The predicted octanol–water partition coefficient (Wildman–Crippen LogP) is 0.844. The molecule has 3 aliphatic rings. The summed E-state index contributed by atoms with van der Waals surface area (Å²) in [6.07, 6.45) is -0.176. The second-order valence-corrected chi connectivity index (χ2v) is 5.41. The minimum atomic E-state index is -0.687. The average molecular weight is 255 g/mol. The van der Waals surface area contributed by atoms with Gasteiger partial charge >= 0.3 is 5.97 Å². The predicted molar refractivity (Wildman–Crippen MR) is 60.9 cm³/mol. The van der Waals surface area contributed by atoms with Crippen molar-refractivity contribution in [3.05, 3.63) is 0 Å². The van der Waals surface area contributed by atoms with Crippen molar-refractivity contribution in [3.63, 3.8) is 0 Å².